The summed E-state index contributed by atoms with van der Waals surface area (Å²) in [6.45, 7) is 0. The van der Waals surface area contributed by atoms with Gasteiger partial charge in [0.25, 0.3) is 11.5 Å². The second-order valence-electron chi connectivity index (χ2n) is 7.42. The molecule has 31 heavy (non-hydrogen) atoms. The van der Waals surface area contributed by atoms with E-state index in [2.05, 4.69) is 4.98 Å². The van der Waals surface area contributed by atoms with Crippen LogP contribution in [0.3, 0.4) is 0 Å². The lowest BCUT2D eigenvalue weighted by Gasteiger charge is -2.34. The Morgan fingerprint density at radius 1 is 0.871 bits per heavy atom. The largest absolute Gasteiger partial charge is 0.497 e. The number of hydrogen-bond acceptors (Lipinski definition) is 5. The summed E-state index contributed by atoms with van der Waals surface area (Å²) in [6.07, 6.45) is -0.501. The highest BCUT2D eigenvalue weighted by Crippen LogP contribution is 2.46. The minimum Gasteiger partial charge on any atom is -0.497 e. The van der Waals surface area contributed by atoms with E-state index < -0.39 is 11.7 Å². The van der Waals surface area contributed by atoms with Gasteiger partial charge in [0.05, 0.1) is 12.8 Å². The number of methoxy groups -OCH3 is 1. The second kappa shape index (κ2) is 6.37. The summed E-state index contributed by atoms with van der Waals surface area (Å²) in [7, 11) is 1.59. The number of amides is 1. The maximum Gasteiger partial charge on any atom is 0.300 e. The summed E-state index contributed by atoms with van der Waals surface area (Å²) in [5.41, 5.74) is 3.32. The number of carbonyl (C=O) groups excluding carboxylic acids is 1. The van der Waals surface area contributed by atoms with Crippen LogP contribution in [0.25, 0.3) is 22.6 Å². The number of hydrogen-bond donors (Lipinski definition) is 0. The van der Waals surface area contributed by atoms with Crippen LogP contribution in [0.1, 0.15) is 22.1 Å². The molecular formula is C24H16N4O3. The number of ether oxygens (including phenoxy) is 1. The number of carbonyl (C=O) groups is 1. The molecule has 0 aliphatic carbocycles. The van der Waals surface area contributed by atoms with Gasteiger partial charge in [-0.05, 0) is 42.5 Å². The van der Waals surface area contributed by atoms with Gasteiger partial charge in [-0.2, -0.15) is 10.1 Å². The van der Waals surface area contributed by atoms with E-state index in [0.717, 1.165) is 11.3 Å². The molecule has 3 aromatic carbocycles. The van der Waals surface area contributed by atoms with Crippen molar-refractivity contribution in [3.63, 3.8) is 0 Å². The smallest absolute Gasteiger partial charge is 0.300 e. The summed E-state index contributed by atoms with van der Waals surface area (Å²) in [6, 6.07) is 22.1. The summed E-state index contributed by atoms with van der Waals surface area (Å²) >= 11 is 0. The van der Waals surface area contributed by atoms with Crippen molar-refractivity contribution in [3.8, 4) is 28.4 Å². The molecule has 6 rings (SSSR count). The van der Waals surface area contributed by atoms with E-state index in [1.54, 1.807) is 41.0 Å². The Balaban J connectivity index is 1.64. The van der Waals surface area contributed by atoms with Crippen molar-refractivity contribution >= 4 is 11.6 Å². The van der Waals surface area contributed by atoms with E-state index in [1.807, 2.05) is 48.5 Å². The maximum atomic E-state index is 13.3. The lowest BCUT2D eigenvalue weighted by molar-refractivity contribution is 0.0986. The fourth-order valence-corrected chi connectivity index (χ4v) is 4.33. The van der Waals surface area contributed by atoms with Gasteiger partial charge in [0.2, 0.25) is 0 Å². The van der Waals surface area contributed by atoms with Crippen LogP contribution < -0.4 is 15.2 Å². The highest BCUT2D eigenvalue weighted by Gasteiger charge is 2.44. The predicted molar refractivity (Wildman–Crippen MR) is 115 cm³/mol. The molecule has 1 aromatic heterocycles. The molecule has 0 saturated heterocycles. The number of fused-ring (bicyclic) bond motifs is 8. The van der Waals surface area contributed by atoms with Crippen LogP contribution in [-0.2, 0) is 0 Å². The van der Waals surface area contributed by atoms with Gasteiger partial charge in [0, 0.05) is 22.3 Å². The van der Waals surface area contributed by atoms with E-state index in [1.165, 1.54) is 0 Å². The van der Waals surface area contributed by atoms with Crippen LogP contribution in [0, 0.1) is 0 Å². The first-order chi connectivity index (χ1) is 15.2. The van der Waals surface area contributed by atoms with Crippen molar-refractivity contribution in [3.05, 3.63) is 94.3 Å². The Morgan fingerprint density at radius 2 is 1.58 bits per heavy atom. The van der Waals surface area contributed by atoms with E-state index in [4.69, 9.17) is 9.84 Å². The van der Waals surface area contributed by atoms with Crippen LogP contribution >= 0.6 is 0 Å². The summed E-state index contributed by atoms with van der Waals surface area (Å²) in [5.74, 6) is 1.04. The number of aromatic nitrogens is 3. The summed E-state index contributed by atoms with van der Waals surface area (Å²) in [4.78, 5) is 32.4. The number of anilines is 1. The van der Waals surface area contributed by atoms with Gasteiger partial charge in [-0.15, -0.1) is 0 Å². The molecule has 3 heterocycles. The number of nitrogens with zero attached hydrogens (tertiary/aromatic N) is 4. The van der Waals surface area contributed by atoms with Gasteiger partial charge < -0.3 is 4.74 Å². The zero-order chi connectivity index (χ0) is 21.1. The number of para-hydroxylation sites is 1. The third-order valence-electron chi connectivity index (χ3n) is 5.77. The Kier molecular flexibility index (Phi) is 3.61. The Hall–Kier alpha value is -4.26. The molecule has 0 fully saturated rings. The molecule has 1 unspecified atom stereocenters. The second-order valence-corrected chi connectivity index (χ2v) is 7.42. The minimum atomic E-state index is -0.501. The first-order valence-corrected chi connectivity index (χ1v) is 9.84. The van der Waals surface area contributed by atoms with Crippen molar-refractivity contribution in [1.82, 2.24) is 14.8 Å². The maximum absolute atomic E-state index is 13.3. The Labute approximate surface area is 177 Å². The van der Waals surface area contributed by atoms with Crippen molar-refractivity contribution in [2.75, 3.05) is 12.0 Å². The molecule has 0 bridgehead atoms. The molecule has 0 spiro atoms. The molecule has 1 atom stereocenters. The molecule has 0 radical (unpaired) electrons. The molecule has 2 aliphatic heterocycles. The van der Waals surface area contributed by atoms with E-state index in [-0.39, 0.29) is 11.6 Å². The van der Waals surface area contributed by atoms with Gasteiger partial charge in [-0.25, -0.2) is 4.68 Å². The molecule has 1 amide bonds. The van der Waals surface area contributed by atoms with Crippen LogP contribution in [0.2, 0.25) is 0 Å². The van der Waals surface area contributed by atoms with Crippen molar-refractivity contribution in [2.24, 2.45) is 0 Å². The fraction of sp³-hybridized carbons (Fsp3) is 0.0833. The topological polar surface area (TPSA) is 77.3 Å². The van der Waals surface area contributed by atoms with E-state index in [0.29, 0.717) is 28.3 Å². The van der Waals surface area contributed by atoms with Crippen LogP contribution in [0.5, 0.6) is 5.75 Å². The average Bonchev–Trinajstić information content (AvgIpc) is 3.12. The first-order valence-electron chi connectivity index (χ1n) is 9.84. The van der Waals surface area contributed by atoms with Crippen LogP contribution in [0.4, 0.5) is 5.69 Å². The monoisotopic (exact) mass is 408 g/mol. The zero-order valence-electron chi connectivity index (χ0n) is 16.5. The van der Waals surface area contributed by atoms with Crippen molar-refractivity contribution in [1.29, 1.82) is 0 Å². The SMILES string of the molecule is COc1ccc(-c2nn3c(nc2=O)-c2ccccc2N2C(=O)c4ccccc4C23)cc1. The molecule has 7 nitrogen and oxygen atoms in total. The third kappa shape index (κ3) is 2.40. The molecule has 0 saturated carbocycles. The van der Waals surface area contributed by atoms with Gasteiger partial charge in [0.15, 0.2) is 17.7 Å². The van der Waals surface area contributed by atoms with Gasteiger partial charge >= 0.3 is 0 Å². The Bertz CT molecular complexity index is 1430. The van der Waals surface area contributed by atoms with Gasteiger partial charge in [-0.3, -0.25) is 14.5 Å². The molecule has 0 N–H and O–H groups in total. The normalized spacial score (nSPS) is 15.7. The molecule has 150 valence electrons. The van der Waals surface area contributed by atoms with Gasteiger partial charge in [-0.1, -0.05) is 30.3 Å². The third-order valence-corrected chi connectivity index (χ3v) is 5.77. The highest BCUT2D eigenvalue weighted by molar-refractivity contribution is 6.13. The summed E-state index contributed by atoms with van der Waals surface area (Å²) in [5, 5.41) is 4.72. The number of rotatable bonds is 2. The Morgan fingerprint density at radius 3 is 2.35 bits per heavy atom. The lowest BCUT2D eigenvalue weighted by atomic mass is 10.1. The molecule has 2 aliphatic rings. The highest BCUT2D eigenvalue weighted by atomic mass is 16.5. The van der Waals surface area contributed by atoms with Crippen LogP contribution in [-0.4, -0.2) is 27.8 Å². The predicted octanol–water partition coefficient (Wildman–Crippen LogP) is 3.50. The van der Waals surface area contributed by atoms with E-state index in [9.17, 15) is 9.59 Å². The molecule has 4 aromatic rings. The number of benzene rings is 3. The van der Waals surface area contributed by atoms with Crippen LogP contribution in [0.15, 0.2) is 77.6 Å². The minimum absolute atomic E-state index is 0.0924. The standard InChI is InChI=1S/C24H16N4O3/c1-31-15-12-10-14(11-13-15)20-22(29)25-21-18-8-4-5-9-19(18)27-23(28(21)26-20)16-6-2-3-7-17(16)24(27)30/h2-13,23H,1H3. The lowest BCUT2D eigenvalue weighted by Crippen LogP contribution is -2.39. The van der Waals surface area contributed by atoms with Crippen molar-refractivity contribution in [2.45, 2.75) is 6.17 Å². The molecular weight excluding hydrogens is 392 g/mol. The van der Waals surface area contributed by atoms with Crippen molar-refractivity contribution < 1.29 is 9.53 Å². The average molecular weight is 408 g/mol. The van der Waals surface area contributed by atoms with E-state index >= 15 is 0 Å². The molecule has 7 heteroatoms. The fourth-order valence-electron chi connectivity index (χ4n) is 4.33. The summed E-state index contributed by atoms with van der Waals surface area (Å²) < 4.78 is 6.90. The first kappa shape index (κ1) is 17.6. The van der Waals surface area contributed by atoms with Gasteiger partial charge in [0.1, 0.15) is 5.75 Å². The quantitative estimate of drug-likeness (QED) is 0.507. The zero-order valence-corrected chi connectivity index (χ0v) is 16.5.